The lowest BCUT2D eigenvalue weighted by Gasteiger charge is -2.35. The van der Waals surface area contributed by atoms with Gasteiger partial charge in [0.1, 0.15) is 0 Å². The van der Waals surface area contributed by atoms with Gasteiger partial charge in [0.15, 0.2) is 0 Å². The number of amides is 1. The van der Waals surface area contributed by atoms with Gasteiger partial charge in [-0.25, -0.2) is 0 Å². The van der Waals surface area contributed by atoms with Crippen LogP contribution in [0.25, 0.3) is 0 Å². The molecule has 1 aliphatic heterocycles. The van der Waals surface area contributed by atoms with Gasteiger partial charge in [-0.1, -0.05) is 29.8 Å². The van der Waals surface area contributed by atoms with Gasteiger partial charge in [0.25, 0.3) is 0 Å². The molecule has 1 unspecified atom stereocenters. The van der Waals surface area contributed by atoms with Crippen molar-refractivity contribution in [2.24, 2.45) is 11.1 Å². The van der Waals surface area contributed by atoms with Crippen molar-refractivity contribution in [1.82, 2.24) is 5.32 Å². The lowest BCUT2D eigenvalue weighted by molar-refractivity contribution is -0.136. The molecule has 1 atom stereocenters. The van der Waals surface area contributed by atoms with Crippen molar-refractivity contribution >= 4 is 17.5 Å². The first kappa shape index (κ1) is 16.3. The highest BCUT2D eigenvalue weighted by atomic mass is 35.5. The van der Waals surface area contributed by atoms with E-state index >= 15 is 0 Å². The zero-order chi connectivity index (χ0) is 15.3. The molecule has 2 rings (SSSR count). The molecular formula is C16H23ClN2O2. The Kier molecular flexibility index (Phi) is 5.62. The Morgan fingerprint density at radius 2 is 2.10 bits per heavy atom. The van der Waals surface area contributed by atoms with Crippen LogP contribution in [0.15, 0.2) is 24.3 Å². The second kappa shape index (κ2) is 7.25. The topological polar surface area (TPSA) is 64.4 Å². The molecule has 1 amide bonds. The van der Waals surface area contributed by atoms with Crippen molar-refractivity contribution in [3.8, 4) is 0 Å². The molecule has 0 radical (unpaired) electrons. The van der Waals surface area contributed by atoms with Crippen LogP contribution in [0.1, 0.15) is 25.3 Å². The van der Waals surface area contributed by atoms with Gasteiger partial charge >= 0.3 is 0 Å². The third kappa shape index (κ3) is 3.96. The SMILES string of the molecule is CC(Cc1ccccc1Cl)NC(=O)C1(CN)CCOCC1. The van der Waals surface area contributed by atoms with E-state index in [1.165, 1.54) is 0 Å². The lowest BCUT2D eigenvalue weighted by atomic mass is 9.79. The van der Waals surface area contributed by atoms with Gasteiger partial charge in [-0.2, -0.15) is 0 Å². The maximum Gasteiger partial charge on any atom is 0.227 e. The largest absolute Gasteiger partial charge is 0.381 e. The normalized spacial score (nSPS) is 19.0. The minimum Gasteiger partial charge on any atom is -0.381 e. The van der Waals surface area contributed by atoms with Gasteiger partial charge in [0.2, 0.25) is 5.91 Å². The van der Waals surface area contributed by atoms with E-state index in [9.17, 15) is 4.79 Å². The van der Waals surface area contributed by atoms with Crippen molar-refractivity contribution in [1.29, 1.82) is 0 Å². The minimum atomic E-state index is -0.479. The molecule has 116 valence electrons. The van der Waals surface area contributed by atoms with Crippen molar-refractivity contribution in [2.75, 3.05) is 19.8 Å². The summed E-state index contributed by atoms with van der Waals surface area (Å²) in [6.45, 7) is 3.55. The van der Waals surface area contributed by atoms with Gasteiger partial charge in [0.05, 0.1) is 5.41 Å². The molecule has 5 heteroatoms. The van der Waals surface area contributed by atoms with Gasteiger partial charge in [0, 0.05) is 30.8 Å². The monoisotopic (exact) mass is 310 g/mol. The molecule has 21 heavy (non-hydrogen) atoms. The Balaban J connectivity index is 1.97. The number of carbonyl (C=O) groups excluding carboxylic acids is 1. The molecule has 1 aliphatic rings. The second-order valence-electron chi connectivity index (χ2n) is 5.77. The number of carbonyl (C=O) groups is 1. The number of nitrogens with one attached hydrogen (secondary N) is 1. The summed E-state index contributed by atoms with van der Waals surface area (Å²) in [5.74, 6) is 0.0350. The highest BCUT2D eigenvalue weighted by molar-refractivity contribution is 6.31. The average Bonchev–Trinajstić information content (AvgIpc) is 2.50. The Bertz CT molecular complexity index is 487. The molecular weight excluding hydrogens is 288 g/mol. The molecule has 1 saturated heterocycles. The standard InChI is InChI=1S/C16H23ClN2O2/c1-12(10-13-4-2-3-5-14(13)17)19-15(20)16(11-18)6-8-21-9-7-16/h2-5,12H,6-11,18H2,1H3,(H,19,20). The zero-order valence-electron chi connectivity index (χ0n) is 12.4. The van der Waals surface area contributed by atoms with E-state index in [4.69, 9.17) is 22.1 Å². The summed E-state index contributed by atoms with van der Waals surface area (Å²) < 4.78 is 5.34. The Hall–Kier alpha value is -1.10. The third-order valence-corrected chi connectivity index (χ3v) is 4.55. The maximum atomic E-state index is 12.6. The van der Waals surface area contributed by atoms with E-state index in [1.807, 2.05) is 31.2 Å². The zero-order valence-corrected chi connectivity index (χ0v) is 13.2. The lowest BCUT2D eigenvalue weighted by Crippen LogP contribution is -2.51. The summed E-state index contributed by atoms with van der Waals surface area (Å²) in [4.78, 5) is 12.6. The Morgan fingerprint density at radius 1 is 1.43 bits per heavy atom. The number of halogens is 1. The fraction of sp³-hybridized carbons (Fsp3) is 0.562. The predicted molar refractivity (Wildman–Crippen MR) is 84.3 cm³/mol. The molecule has 0 aromatic heterocycles. The number of ether oxygens (including phenoxy) is 1. The van der Waals surface area contributed by atoms with Crippen LogP contribution in [-0.4, -0.2) is 31.7 Å². The van der Waals surface area contributed by atoms with Gasteiger partial charge in [-0.15, -0.1) is 0 Å². The molecule has 1 aromatic rings. The van der Waals surface area contributed by atoms with Crippen LogP contribution < -0.4 is 11.1 Å². The fourth-order valence-corrected chi connectivity index (χ4v) is 2.92. The van der Waals surface area contributed by atoms with Crippen molar-refractivity contribution in [3.63, 3.8) is 0 Å². The molecule has 0 aliphatic carbocycles. The number of hydrogen-bond acceptors (Lipinski definition) is 3. The summed E-state index contributed by atoms with van der Waals surface area (Å²) in [6.07, 6.45) is 2.09. The molecule has 0 saturated carbocycles. The highest BCUT2D eigenvalue weighted by Crippen LogP contribution is 2.29. The quantitative estimate of drug-likeness (QED) is 0.876. The summed E-state index contributed by atoms with van der Waals surface area (Å²) >= 11 is 6.16. The first-order valence-corrected chi connectivity index (χ1v) is 7.77. The van der Waals surface area contributed by atoms with Gasteiger partial charge < -0.3 is 15.8 Å². The number of benzene rings is 1. The molecule has 3 N–H and O–H groups in total. The van der Waals surface area contributed by atoms with Gasteiger partial charge in [-0.3, -0.25) is 4.79 Å². The van der Waals surface area contributed by atoms with E-state index in [0.29, 0.717) is 39.0 Å². The first-order chi connectivity index (χ1) is 10.1. The van der Waals surface area contributed by atoms with E-state index < -0.39 is 5.41 Å². The number of hydrogen-bond donors (Lipinski definition) is 2. The van der Waals surface area contributed by atoms with Crippen LogP contribution in [0.2, 0.25) is 5.02 Å². The molecule has 0 bridgehead atoms. The van der Waals surface area contributed by atoms with Crippen molar-refractivity contribution in [3.05, 3.63) is 34.9 Å². The molecule has 1 heterocycles. The Labute approximate surface area is 131 Å². The van der Waals surface area contributed by atoms with E-state index in [-0.39, 0.29) is 11.9 Å². The summed E-state index contributed by atoms with van der Waals surface area (Å²) in [5, 5.41) is 3.82. The summed E-state index contributed by atoms with van der Waals surface area (Å²) in [5.41, 5.74) is 6.42. The van der Waals surface area contributed by atoms with E-state index in [2.05, 4.69) is 5.32 Å². The molecule has 1 fully saturated rings. The maximum absolute atomic E-state index is 12.6. The molecule has 0 spiro atoms. The van der Waals surface area contributed by atoms with Crippen LogP contribution >= 0.6 is 11.6 Å². The van der Waals surface area contributed by atoms with Crippen LogP contribution in [-0.2, 0) is 16.0 Å². The van der Waals surface area contributed by atoms with E-state index in [0.717, 1.165) is 10.6 Å². The second-order valence-corrected chi connectivity index (χ2v) is 6.17. The Morgan fingerprint density at radius 3 is 2.71 bits per heavy atom. The fourth-order valence-electron chi connectivity index (χ4n) is 2.71. The highest BCUT2D eigenvalue weighted by Gasteiger charge is 2.39. The number of rotatable bonds is 5. The number of nitrogens with two attached hydrogens (primary N) is 1. The molecule has 1 aromatic carbocycles. The average molecular weight is 311 g/mol. The smallest absolute Gasteiger partial charge is 0.227 e. The minimum absolute atomic E-state index is 0.0173. The summed E-state index contributed by atoms with van der Waals surface area (Å²) in [6, 6.07) is 7.73. The van der Waals surface area contributed by atoms with Crippen LogP contribution in [0.3, 0.4) is 0 Å². The van der Waals surface area contributed by atoms with E-state index in [1.54, 1.807) is 0 Å². The predicted octanol–water partition coefficient (Wildman–Crippen LogP) is 2.14. The van der Waals surface area contributed by atoms with Crippen LogP contribution in [0.5, 0.6) is 0 Å². The van der Waals surface area contributed by atoms with Crippen LogP contribution in [0, 0.1) is 5.41 Å². The first-order valence-electron chi connectivity index (χ1n) is 7.39. The van der Waals surface area contributed by atoms with Gasteiger partial charge in [-0.05, 0) is 37.8 Å². The van der Waals surface area contributed by atoms with Crippen molar-refractivity contribution < 1.29 is 9.53 Å². The summed E-state index contributed by atoms with van der Waals surface area (Å²) in [7, 11) is 0. The van der Waals surface area contributed by atoms with Crippen molar-refractivity contribution in [2.45, 2.75) is 32.2 Å². The molecule has 4 nitrogen and oxygen atoms in total. The van der Waals surface area contributed by atoms with Crippen LogP contribution in [0.4, 0.5) is 0 Å². The third-order valence-electron chi connectivity index (χ3n) is 4.18.